The Labute approximate surface area is 140 Å². The molecule has 0 saturated carbocycles. The van der Waals surface area contributed by atoms with Gasteiger partial charge in [0.05, 0.1) is 6.42 Å². The normalized spacial score (nSPS) is 14.0. The van der Waals surface area contributed by atoms with Crippen molar-refractivity contribution in [3.8, 4) is 0 Å². The van der Waals surface area contributed by atoms with Gasteiger partial charge in [-0.1, -0.05) is 32.0 Å². The van der Waals surface area contributed by atoms with E-state index in [0.717, 1.165) is 24.8 Å². The third-order valence-electron chi connectivity index (χ3n) is 4.82. The van der Waals surface area contributed by atoms with Gasteiger partial charge in [0, 0.05) is 12.1 Å². The van der Waals surface area contributed by atoms with E-state index in [2.05, 4.69) is 37.4 Å². The van der Waals surface area contributed by atoms with Gasteiger partial charge in [0.25, 0.3) is 0 Å². The summed E-state index contributed by atoms with van der Waals surface area (Å²) in [6, 6.07) is 6.50. The first kappa shape index (κ1) is 19.0. The van der Waals surface area contributed by atoms with Crippen LogP contribution in [-0.4, -0.2) is 18.0 Å². The van der Waals surface area contributed by atoms with Gasteiger partial charge in [-0.15, -0.1) is 12.4 Å². The molecular weight excluding hydrogens is 296 g/mol. The molecule has 0 heterocycles. The SMILES string of the molecule is CCC(N)(CC)CNC(=O)Cc1ccc2c(c1)CCCC2.Cl. The molecule has 0 bridgehead atoms. The van der Waals surface area contributed by atoms with Gasteiger partial charge in [0.1, 0.15) is 0 Å². The van der Waals surface area contributed by atoms with Crippen LogP contribution in [-0.2, 0) is 24.1 Å². The first-order valence-corrected chi connectivity index (χ1v) is 8.22. The summed E-state index contributed by atoms with van der Waals surface area (Å²) in [5.74, 6) is 0.0717. The van der Waals surface area contributed by atoms with Crippen molar-refractivity contribution in [2.75, 3.05) is 6.54 Å². The average Bonchev–Trinajstić information content (AvgIpc) is 2.52. The maximum atomic E-state index is 12.1. The van der Waals surface area contributed by atoms with E-state index >= 15 is 0 Å². The molecule has 0 saturated heterocycles. The standard InChI is InChI=1S/C18H28N2O.ClH/c1-3-18(19,4-2)13-20-17(21)12-14-9-10-15-7-5-6-8-16(15)11-14;/h9-11H,3-8,12-13,19H2,1-2H3,(H,20,21);1H. The summed E-state index contributed by atoms with van der Waals surface area (Å²) >= 11 is 0. The monoisotopic (exact) mass is 324 g/mol. The highest BCUT2D eigenvalue weighted by atomic mass is 35.5. The molecule has 0 radical (unpaired) electrons. The van der Waals surface area contributed by atoms with Crippen LogP contribution in [0.25, 0.3) is 0 Å². The minimum atomic E-state index is -0.272. The number of rotatable bonds is 6. The molecule has 2 rings (SSSR count). The van der Waals surface area contributed by atoms with Crippen molar-refractivity contribution in [1.82, 2.24) is 5.32 Å². The van der Waals surface area contributed by atoms with Crippen LogP contribution in [0, 0.1) is 0 Å². The van der Waals surface area contributed by atoms with Gasteiger partial charge in [-0.3, -0.25) is 4.79 Å². The Hall–Kier alpha value is -1.06. The van der Waals surface area contributed by atoms with Crippen molar-refractivity contribution < 1.29 is 4.79 Å². The van der Waals surface area contributed by atoms with E-state index in [1.54, 1.807) is 0 Å². The Bertz CT molecular complexity index is 498. The molecule has 4 heteroatoms. The van der Waals surface area contributed by atoms with Crippen molar-refractivity contribution in [2.24, 2.45) is 5.73 Å². The quantitative estimate of drug-likeness (QED) is 0.844. The number of halogens is 1. The smallest absolute Gasteiger partial charge is 0.224 e. The minimum Gasteiger partial charge on any atom is -0.354 e. The maximum absolute atomic E-state index is 12.1. The van der Waals surface area contributed by atoms with E-state index in [0.29, 0.717) is 13.0 Å². The molecule has 1 aromatic rings. The number of benzene rings is 1. The van der Waals surface area contributed by atoms with E-state index in [4.69, 9.17) is 5.73 Å². The lowest BCUT2D eigenvalue weighted by Gasteiger charge is -2.26. The lowest BCUT2D eigenvalue weighted by Crippen LogP contribution is -2.49. The first-order valence-electron chi connectivity index (χ1n) is 8.22. The summed E-state index contributed by atoms with van der Waals surface area (Å²) in [7, 11) is 0. The zero-order valence-corrected chi connectivity index (χ0v) is 14.6. The molecule has 0 spiro atoms. The Balaban J connectivity index is 0.00000242. The highest BCUT2D eigenvalue weighted by molar-refractivity contribution is 5.85. The molecule has 1 aliphatic carbocycles. The van der Waals surface area contributed by atoms with E-state index in [9.17, 15) is 4.79 Å². The molecule has 124 valence electrons. The van der Waals surface area contributed by atoms with Gasteiger partial charge in [-0.25, -0.2) is 0 Å². The van der Waals surface area contributed by atoms with Crippen molar-refractivity contribution >= 4 is 18.3 Å². The number of nitrogens with two attached hydrogens (primary N) is 1. The number of carbonyl (C=O) groups excluding carboxylic acids is 1. The third-order valence-corrected chi connectivity index (χ3v) is 4.82. The fourth-order valence-electron chi connectivity index (χ4n) is 2.92. The second kappa shape index (κ2) is 8.54. The van der Waals surface area contributed by atoms with Crippen molar-refractivity contribution in [1.29, 1.82) is 0 Å². The number of aryl methyl sites for hydroxylation is 2. The fourth-order valence-corrected chi connectivity index (χ4v) is 2.92. The number of nitrogens with one attached hydrogen (secondary N) is 1. The zero-order valence-electron chi connectivity index (χ0n) is 13.8. The Kier molecular flexibility index (Phi) is 7.37. The van der Waals surface area contributed by atoms with Crippen molar-refractivity contribution in [3.63, 3.8) is 0 Å². The summed E-state index contributed by atoms with van der Waals surface area (Å²) in [6.45, 7) is 4.70. The molecule has 0 aliphatic heterocycles. The van der Waals surface area contributed by atoms with Crippen LogP contribution in [0.3, 0.4) is 0 Å². The largest absolute Gasteiger partial charge is 0.354 e. The Morgan fingerprint density at radius 1 is 1.18 bits per heavy atom. The second-order valence-electron chi connectivity index (χ2n) is 6.33. The van der Waals surface area contributed by atoms with Gasteiger partial charge < -0.3 is 11.1 Å². The van der Waals surface area contributed by atoms with Crippen molar-refractivity contribution in [2.45, 2.75) is 64.3 Å². The predicted octanol–water partition coefficient (Wildman–Crippen LogP) is 3.16. The van der Waals surface area contributed by atoms with E-state index in [-0.39, 0.29) is 23.9 Å². The third kappa shape index (κ3) is 4.99. The highest BCUT2D eigenvalue weighted by Crippen LogP contribution is 2.22. The Morgan fingerprint density at radius 2 is 1.82 bits per heavy atom. The van der Waals surface area contributed by atoms with Crippen LogP contribution < -0.4 is 11.1 Å². The van der Waals surface area contributed by atoms with Crippen LogP contribution in [0.2, 0.25) is 0 Å². The summed E-state index contributed by atoms with van der Waals surface area (Å²) in [5.41, 5.74) is 9.95. The second-order valence-corrected chi connectivity index (χ2v) is 6.33. The van der Waals surface area contributed by atoms with E-state index in [1.165, 1.54) is 30.4 Å². The molecule has 0 fully saturated rings. The van der Waals surface area contributed by atoms with Gasteiger partial charge in [-0.05, 0) is 55.2 Å². The highest BCUT2D eigenvalue weighted by Gasteiger charge is 2.21. The van der Waals surface area contributed by atoms with Gasteiger partial charge in [0.2, 0.25) is 5.91 Å². The number of fused-ring (bicyclic) bond motifs is 1. The predicted molar refractivity (Wildman–Crippen MR) is 94.5 cm³/mol. The molecule has 1 aliphatic rings. The van der Waals surface area contributed by atoms with Crippen LogP contribution in [0.1, 0.15) is 56.2 Å². The topological polar surface area (TPSA) is 55.1 Å². The van der Waals surface area contributed by atoms with Gasteiger partial charge >= 0.3 is 0 Å². The number of hydrogen-bond acceptors (Lipinski definition) is 2. The van der Waals surface area contributed by atoms with Crippen LogP contribution in [0.4, 0.5) is 0 Å². The first-order chi connectivity index (χ1) is 10.1. The summed E-state index contributed by atoms with van der Waals surface area (Å²) < 4.78 is 0. The van der Waals surface area contributed by atoms with E-state index in [1.807, 2.05) is 0 Å². The zero-order chi connectivity index (χ0) is 15.3. The molecular formula is C18H29ClN2O. The molecule has 3 N–H and O–H groups in total. The average molecular weight is 325 g/mol. The molecule has 0 aromatic heterocycles. The molecule has 1 amide bonds. The number of carbonyl (C=O) groups is 1. The number of amides is 1. The maximum Gasteiger partial charge on any atom is 0.224 e. The van der Waals surface area contributed by atoms with Gasteiger partial charge in [-0.2, -0.15) is 0 Å². The lowest BCUT2D eigenvalue weighted by molar-refractivity contribution is -0.120. The summed E-state index contributed by atoms with van der Waals surface area (Å²) in [6.07, 6.45) is 7.11. The summed E-state index contributed by atoms with van der Waals surface area (Å²) in [4.78, 5) is 12.1. The van der Waals surface area contributed by atoms with Crippen molar-refractivity contribution in [3.05, 3.63) is 34.9 Å². The number of hydrogen-bond donors (Lipinski definition) is 2. The minimum absolute atomic E-state index is 0. The summed E-state index contributed by atoms with van der Waals surface area (Å²) in [5, 5.41) is 2.99. The fraction of sp³-hybridized carbons (Fsp3) is 0.611. The van der Waals surface area contributed by atoms with Crippen LogP contribution in [0.15, 0.2) is 18.2 Å². The van der Waals surface area contributed by atoms with Crippen LogP contribution >= 0.6 is 12.4 Å². The van der Waals surface area contributed by atoms with Crippen LogP contribution in [0.5, 0.6) is 0 Å². The molecule has 0 unspecified atom stereocenters. The molecule has 0 atom stereocenters. The Morgan fingerprint density at radius 3 is 2.45 bits per heavy atom. The van der Waals surface area contributed by atoms with Gasteiger partial charge in [0.15, 0.2) is 0 Å². The molecule has 3 nitrogen and oxygen atoms in total. The van der Waals surface area contributed by atoms with E-state index < -0.39 is 0 Å². The molecule has 1 aromatic carbocycles. The molecule has 22 heavy (non-hydrogen) atoms. The lowest BCUT2D eigenvalue weighted by atomic mass is 9.90.